The SMILES string of the molecule is Cc1ccc(-c2cc(C(=O)NC3CC3)cc(F)c2C)c(C=O)c1. The minimum atomic E-state index is -0.444. The summed E-state index contributed by atoms with van der Waals surface area (Å²) in [5, 5.41) is 2.86. The summed E-state index contributed by atoms with van der Waals surface area (Å²) in [4.78, 5) is 23.6. The molecular weight excluding hydrogens is 293 g/mol. The fraction of sp³-hybridized carbons (Fsp3) is 0.263. The van der Waals surface area contributed by atoms with Crippen LogP contribution in [0.3, 0.4) is 0 Å². The molecule has 1 fully saturated rings. The lowest BCUT2D eigenvalue weighted by Crippen LogP contribution is -2.25. The maximum absolute atomic E-state index is 14.3. The van der Waals surface area contributed by atoms with E-state index in [4.69, 9.17) is 0 Å². The van der Waals surface area contributed by atoms with Crippen molar-refractivity contribution < 1.29 is 14.0 Å². The average molecular weight is 311 g/mol. The molecule has 1 saturated carbocycles. The number of nitrogens with one attached hydrogen (secondary N) is 1. The summed E-state index contributed by atoms with van der Waals surface area (Å²) in [6, 6.07) is 8.55. The Balaban J connectivity index is 2.09. The quantitative estimate of drug-likeness (QED) is 0.873. The van der Waals surface area contributed by atoms with Crippen LogP contribution >= 0.6 is 0 Å². The van der Waals surface area contributed by atoms with Gasteiger partial charge < -0.3 is 5.32 Å². The minimum Gasteiger partial charge on any atom is -0.349 e. The molecule has 3 rings (SSSR count). The molecule has 0 heterocycles. The van der Waals surface area contributed by atoms with Gasteiger partial charge in [-0.15, -0.1) is 0 Å². The molecular formula is C19H18FNO2. The van der Waals surface area contributed by atoms with E-state index in [1.807, 2.05) is 13.0 Å². The predicted octanol–water partition coefficient (Wildman–Crippen LogP) is 3.81. The first-order valence-corrected chi connectivity index (χ1v) is 7.67. The maximum atomic E-state index is 14.3. The second-order valence-corrected chi connectivity index (χ2v) is 6.09. The first kappa shape index (κ1) is 15.4. The zero-order chi connectivity index (χ0) is 16.6. The Kier molecular flexibility index (Phi) is 3.99. The number of hydrogen-bond acceptors (Lipinski definition) is 2. The third-order valence-electron chi connectivity index (χ3n) is 4.14. The second kappa shape index (κ2) is 5.95. The molecule has 118 valence electrons. The Bertz CT molecular complexity index is 794. The van der Waals surface area contributed by atoms with Gasteiger partial charge in [0.15, 0.2) is 6.29 Å². The van der Waals surface area contributed by atoms with E-state index in [1.165, 1.54) is 6.07 Å². The van der Waals surface area contributed by atoms with Crippen molar-refractivity contribution in [3.63, 3.8) is 0 Å². The number of aryl methyl sites for hydroxylation is 1. The van der Waals surface area contributed by atoms with Crippen LogP contribution in [0.25, 0.3) is 11.1 Å². The van der Waals surface area contributed by atoms with Gasteiger partial charge in [0.05, 0.1) is 0 Å². The third kappa shape index (κ3) is 3.16. The van der Waals surface area contributed by atoms with Crippen molar-refractivity contribution in [3.8, 4) is 11.1 Å². The van der Waals surface area contributed by atoms with Crippen molar-refractivity contribution in [3.05, 3.63) is 58.4 Å². The van der Waals surface area contributed by atoms with E-state index in [0.29, 0.717) is 22.3 Å². The van der Waals surface area contributed by atoms with Crippen LogP contribution in [0.5, 0.6) is 0 Å². The van der Waals surface area contributed by atoms with Gasteiger partial charge in [0, 0.05) is 17.2 Å². The van der Waals surface area contributed by atoms with E-state index in [-0.39, 0.29) is 17.5 Å². The smallest absolute Gasteiger partial charge is 0.251 e. The fourth-order valence-corrected chi connectivity index (χ4v) is 2.61. The molecule has 0 bridgehead atoms. The normalized spacial score (nSPS) is 13.7. The van der Waals surface area contributed by atoms with Crippen LogP contribution in [0, 0.1) is 19.7 Å². The molecule has 1 N–H and O–H groups in total. The Labute approximate surface area is 134 Å². The zero-order valence-corrected chi connectivity index (χ0v) is 13.2. The van der Waals surface area contributed by atoms with Crippen molar-refractivity contribution in [2.24, 2.45) is 0 Å². The van der Waals surface area contributed by atoms with E-state index >= 15 is 0 Å². The number of aldehydes is 1. The summed E-state index contributed by atoms with van der Waals surface area (Å²) in [6.07, 6.45) is 2.71. The Morgan fingerprint density at radius 3 is 2.57 bits per heavy atom. The number of carbonyl (C=O) groups excluding carboxylic acids is 2. The Morgan fingerprint density at radius 2 is 1.91 bits per heavy atom. The lowest BCUT2D eigenvalue weighted by Gasteiger charge is -2.13. The van der Waals surface area contributed by atoms with Crippen LogP contribution < -0.4 is 5.32 Å². The van der Waals surface area contributed by atoms with Crippen LogP contribution in [-0.4, -0.2) is 18.2 Å². The summed E-state index contributed by atoms with van der Waals surface area (Å²) in [5.41, 5.74) is 3.38. The molecule has 4 heteroatoms. The van der Waals surface area contributed by atoms with Gasteiger partial charge in [0.2, 0.25) is 0 Å². The van der Waals surface area contributed by atoms with Crippen molar-refractivity contribution >= 4 is 12.2 Å². The number of carbonyl (C=O) groups is 2. The van der Waals surface area contributed by atoms with E-state index < -0.39 is 5.82 Å². The molecule has 1 amide bonds. The van der Waals surface area contributed by atoms with Gasteiger partial charge in [-0.3, -0.25) is 9.59 Å². The van der Waals surface area contributed by atoms with Gasteiger partial charge in [-0.25, -0.2) is 4.39 Å². The highest BCUT2D eigenvalue weighted by atomic mass is 19.1. The summed E-state index contributed by atoms with van der Waals surface area (Å²) >= 11 is 0. The van der Waals surface area contributed by atoms with Crippen molar-refractivity contribution in [1.29, 1.82) is 0 Å². The molecule has 3 nitrogen and oxygen atoms in total. The third-order valence-corrected chi connectivity index (χ3v) is 4.14. The predicted molar refractivity (Wildman–Crippen MR) is 87.2 cm³/mol. The molecule has 1 aliphatic carbocycles. The minimum absolute atomic E-state index is 0.209. The van der Waals surface area contributed by atoms with E-state index in [1.54, 1.807) is 25.1 Å². The monoisotopic (exact) mass is 311 g/mol. The van der Waals surface area contributed by atoms with Gasteiger partial charge in [-0.1, -0.05) is 17.7 Å². The van der Waals surface area contributed by atoms with Gasteiger partial charge in [0.25, 0.3) is 5.91 Å². The standard InChI is InChI=1S/C19H18FNO2/c1-11-3-6-16(14(7-11)10-22)17-8-13(9-18(20)12(17)2)19(23)21-15-4-5-15/h3,6-10,15H,4-5H2,1-2H3,(H,21,23). The molecule has 23 heavy (non-hydrogen) atoms. The molecule has 0 spiro atoms. The topological polar surface area (TPSA) is 46.2 Å². The molecule has 0 aromatic heterocycles. The second-order valence-electron chi connectivity index (χ2n) is 6.09. The van der Waals surface area contributed by atoms with Crippen LogP contribution in [0.15, 0.2) is 30.3 Å². The fourth-order valence-electron chi connectivity index (χ4n) is 2.61. The number of amides is 1. The average Bonchev–Trinajstić information content (AvgIpc) is 3.34. The molecule has 0 saturated heterocycles. The van der Waals surface area contributed by atoms with Gasteiger partial charge in [-0.2, -0.15) is 0 Å². The number of halogens is 1. The van der Waals surface area contributed by atoms with Crippen molar-refractivity contribution in [1.82, 2.24) is 5.32 Å². The number of benzene rings is 2. The number of hydrogen-bond donors (Lipinski definition) is 1. The zero-order valence-electron chi connectivity index (χ0n) is 13.2. The first-order valence-electron chi connectivity index (χ1n) is 7.67. The van der Waals surface area contributed by atoms with Crippen LogP contribution in [0.2, 0.25) is 0 Å². The van der Waals surface area contributed by atoms with E-state index in [9.17, 15) is 14.0 Å². The lowest BCUT2D eigenvalue weighted by molar-refractivity contribution is 0.0950. The Hall–Kier alpha value is -2.49. The summed E-state index contributed by atoms with van der Waals surface area (Å²) in [7, 11) is 0. The molecule has 0 unspecified atom stereocenters. The number of rotatable bonds is 4. The highest BCUT2D eigenvalue weighted by Gasteiger charge is 2.24. The van der Waals surface area contributed by atoms with Crippen molar-refractivity contribution in [2.75, 3.05) is 0 Å². The van der Waals surface area contributed by atoms with Crippen LogP contribution in [0.1, 0.15) is 44.7 Å². The molecule has 2 aromatic carbocycles. The van der Waals surface area contributed by atoms with Crippen LogP contribution in [0.4, 0.5) is 4.39 Å². The summed E-state index contributed by atoms with van der Waals surface area (Å²) < 4.78 is 14.3. The maximum Gasteiger partial charge on any atom is 0.251 e. The van der Waals surface area contributed by atoms with Gasteiger partial charge in [-0.05, 0) is 61.6 Å². The molecule has 1 aliphatic rings. The van der Waals surface area contributed by atoms with Crippen molar-refractivity contribution in [2.45, 2.75) is 32.7 Å². The summed E-state index contributed by atoms with van der Waals surface area (Å²) in [5.74, 6) is -0.715. The molecule has 0 atom stereocenters. The molecule has 0 aliphatic heterocycles. The first-order chi connectivity index (χ1) is 11.0. The molecule has 0 radical (unpaired) electrons. The summed E-state index contributed by atoms with van der Waals surface area (Å²) in [6.45, 7) is 3.55. The molecule has 2 aromatic rings. The highest BCUT2D eigenvalue weighted by Crippen LogP contribution is 2.30. The van der Waals surface area contributed by atoms with E-state index in [2.05, 4.69) is 5.32 Å². The Morgan fingerprint density at radius 1 is 1.17 bits per heavy atom. The highest BCUT2D eigenvalue weighted by molar-refractivity contribution is 5.97. The van der Waals surface area contributed by atoms with E-state index in [0.717, 1.165) is 24.7 Å². The van der Waals surface area contributed by atoms with Crippen LogP contribution in [-0.2, 0) is 0 Å². The van der Waals surface area contributed by atoms with Gasteiger partial charge >= 0.3 is 0 Å². The van der Waals surface area contributed by atoms with Gasteiger partial charge in [0.1, 0.15) is 5.82 Å². The lowest BCUT2D eigenvalue weighted by atomic mass is 9.93. The largest absolute Gasteiger partial charge is 0.349 e.